The van der Waals surface area contributed by atoms with Gasteiger partial charge >= 0.3 is 0 Å². The third-order valence-corrected chi connectivity index (χ3v) is 3.69. The predicted octanol–water partition coefficient (Wildman–Crippen LogP) is 2.70. The summed E-state index contributed by atoms with van der Waals surface area (Å²) in [4.78, 5) is 0. The first-order valence-electron chi connectivity index (χ1n) is 7.19. The molecule has 0 aliphatic heterocycles. The Bertz CT molecular complexity index is 711. The third kappa shape index (κ3) is 2.70. The van der Waals surface area contributed by atoms with Gasteiger partial charge in [0.15, 0.2) is 0 Å². The quantitative estimate of drug-likeness (QED) is 0.558. The Morgan fingerprint density at radius 3 is 2.86 bits per heavy atom. The maximum Gasteiger partial charge on any atom is 0.134 e. The minimum atomic E-state index is -0.0706. The largest absolute Gasteiger partial charge is 0.459 e. The molecule has 2 heterocycles. The zero-order valence-electron chi connectivity index (χ0n) is 12.3. The molecule has 5 heteroatoms. The Balaban J connectivity index is 1.90. The summed E-state index contributed by atoms with van der Waals surface area (Å²) in [6.07, 6.45) is 0.741. The standard InChI is InChI=1S/C16H20N4O/c1-3-20-13(8-11(2)19-20)10-14(18-17)16-9-12-6-4-5-7-15(12)21-16/h4-9,14,18H,3,10,17H2,1-2H3. The zero-order valence-corrected chi connectivity index (χ0v) is 12.3. The van der Waals surface area contributed by atoms with E-state index in [0.29, 0.717) is 0 Å². The molecule has 3 aromatic rings. The number of nitrogens with zero attached hydrogens (tertiary/aromatic N) is 2. The lowest BCUT2D eigenvalue weighted by molar-refractivity contribution is 0.424. The van der Waals surface area contributed by atoms with Crippen molar-refractivity contribution in [2.75, 3.05) is 0 Å². The lowest BCUT2D eigenvalue weighted by atomic mass is 10.1. The van der Waals surface area contributed by atoms with Crippen LogP contribution in [0.5, 0.6) is 0 Å². The Hall–Kier alpha value is -2.11. The highest BCUT2D eigenvalue weighted by atomic mass is 16.3. The molecular weight excluding hydrogens is 264 g/mol. The number of hydrogen-bond acceptors (Lipinski definition) is 4. The van der Waals surface area contributed by atoms with E-state index >= 15 is 0 Å². The number of nitrogens with one attached hydrogen (secondary N) is 1. The highest BCUT2D eigenvalue weighted by Crippen LogP contribution is 2.25. The number of para-hydroxylation sites is 1. The van der Waals surface area contributed by atoms with Crippen molar-refractivity contribution in [2.45, 2.75) is 32.9 Å². The highest BCUT2D eigenvalue weighted by Gasteiger charge is 2.18. The molecule has 3 rings (SSSR count). The van der Waals surface area contributed by atoms with Crippen molar-refractivity contribution in [3.8, 4) is 0 Å². The number of aromatic nitrogens is 2. The first-order chi connectivity index (χ1) is 10.2. The molecule has 1 aromatic carbocycles. The van der Waals surface area contributed by atoms with E-state index in [1.165, 1.54) is 0 Å². The summed E-state index contributed by atoms with van der Waals surface area (Å²) in [5.41, 5.74) is 5.91. The van der Waals surface area contributed by atoms with Crippen LogP contribution < -0.4 is 11.3 Å². The normalized spacial score (nSPS) is 12.9. The molecule has 1 unspecified atom stereocenters. The molecule has 0 saturated carbocycles. The van der Waals surface area contributed by atoms with Crippen molar-refractivity contribution in [3.63, 3.8) is 0 Å². The van der Waals surface area contributed by atoms with Crippen molar-refractivity contribution < 1.29 is 4.42 Å². The fraction of sp³-hybridized carbons (Fsp3) is 0.312. The molecule has 0 fully saturated rings. The number of fused-ring (bicyclic) bond motifs is 1. The number of nitrogens with two attached hydrogens (primary N) is 1. The molecule has 0 aliphatic rings. The van der Waals surface area contributed by atoms with Gasteiger partial charge in [-0.3, -0.25) is 10.5 Å². The first-order valence-corrected chi connectivity index (χ1v) is 7.19. The molecule has 0 radical (unpaired) electrons. The summed E-state index contributed by atoms with van der Waals surface area (Å²) in [6, 6.07) is 12.0. The Kier molecular flexibility index (Phi) is 3.77. The van der Waals surface area contributed by atoms with Gasteiger partial charge in [-0.15, -0.1) is 0 Å². The predicted molar refractivity (Wildman–Crippen MR) is 82.6 cm³/mol. The van der Waals surface area contributed by atoms with Crippen LogP contribution in [0.25, 0.3) is 11.0 Å². The van der Waals surface area contributed by atoms with Gasteiger partial charge in [-0.1, -0.05) is 18.2 Å². The van der Waals surface area contributed by atoms with Gasteiger partial charge in [-0.25, -0.2) is 5.43 Å². The molecule has 5 nitrogen and oxygen atoms in total. The summed E-state index contributed by atoms with van der Waals surface area (Å²) in [7, 11) is 0. The van der Waals surface area contributed by atoms with Gasteiger partial charge in [0, 0.05) is 24.0 Å². The van der Waals surface area contributed by atoms with E-state index in [-0.39, 0.29) is 6.04 Å². The lowest BCUT2D eigenvalue weighted by Gasteiger charge is -2.13. The molecule has 3 N–H and O–H groups in total. The lowest BCUT2D eigenvalue weighted by Crippen LogP contribution is -2.30. The second-order valence-electron chi connectivity index (χ2n) is 5.20. The van der Waals surface area contributed by atoms with E-state index in [1.54, 1.807) is 0 Å². The molecule has 1 atom stereocenters. The number of hydrazine groups is 1. The van der Waals surface area contributed by atoms with Crippen molar-refractivity contribution in [3.05, 3.63) is 53.5 Å². The number of benzene rings is 1. The minimum Gasteiger partial charge on any atom is -0.459 e. The molecule has 21 heavy (non-hydrogen) atoms. The summed E-state index contributed by atoms with van der Waals surface area (Å²) in [5, 5.41) is 5.56. The Morgan fingerprint density at radius 2 is 2.14 bits per heavy atom. The van der Waals surface area contributed by atoms with E-state index in [4.69, 9.17) is 10.3 Å². The van der Waals surface area contributed by atoms with Crippen LogP contribution >= 0.6 is 0 Å². The molecule has 2 aromatic heterocycles. The van der Waals surface area contributed by atoms with Gasteiger partial charge in [-0.05, 0) is 32.0 Å². The van der Waals surface area contributed by atoms with Crippen LogP contribution in [-0.2, 0) is 13.0 Å². The van der Waals surface area contributed by atoms with Gasteiger partial charge < -0.3 is 4.42 Å². The van der Waals surface area contributed by atoms with Crippen molar-refractivity contribution >= 4 is 11.0 Å². The summed E-state index contributed by atoms with van der Waals surface area (Å²) < 4.78 is 7.90. The molecule has 110 valence electrons. The average molecular weight is 284 g/mol. The van der Waals surface area contributed by atoms with Crippen molar-refractivity contribution in [1.82, 2.24) is 15.2 Å². The number of furan rings is 1. The monoisotopic (exact) mass is 284 g/mol. The SMILES string of the molecule is CCn1nc(C)cc1CC(NN)c1cc2ccccc2o1. The number of rotatable bonds is 5. The minimum absolute atomic E-state index is 0.0706. The van der Waals surface area contributed by atoms with E-state index in [9.17, 15) is 0 Å². The van der Waals surface area contributed by atoms with E-state index < -0.39 is 0 Å². The maximum absolute atomic E-state index is 5.90. The zero-order chi connectivity index (χ0) is 14.8. The van der Waals surface area contributed by atoms with Crippen LogP contribution in [0.3, 0.4) is 0 Å². The second kappa shape index (κ2) is 5.71. The maximum atomic E-state index is 5.90. The van der Waals surface area contributed by atoms with Gasteiger partial charge in [-0.2, -0.15) is 5.10 Å². The number of hydrogen-bond donors (Lipinski definition) is 2. The van der Waals surface area contributed by atoms with Crippen LogP contribution in [0, 0.1) is 6.92 Å². The molecule has 0 spiro atoms. The smallest absolute Gasteiger partial charge is 0.134 e. The molecule has 0 saturated heterocycles. The third-order valence-electron chi connectivity index (χ3n) is 3.69. The van der Waals surface area contributed by atoms with E-state index in [0.717, 1.165) is 41.1 Å². The summed E-state index contributed by atoms with van der Waals surface area (Å²) in [5.74, 6) is 6.58. The average Bonchev–Trinajstić information content (AvgIpc) is 3.07. The highest BCUT2D eigenvalue weighted by molar-refractivity contribution is 5.77. The number of aryl methyl sites for hydroxylation is 2. The van der Waals surface area contributed by atoms with Crippen LogP contribution in [0.2, 0.25) is 0 Å². The molecule has 0 bridgehead atoms. The Labute approximate surface area is 123 Å². The van der Waals surface area contributed by atoms with Crippen LogP contribution in [0.4, 0.5) is 0 Å². The van der Waals surface area contributed by atoms with Gasteiger partial charge in [0.25, 0.3) is 0 Å². The molecule has 0 aliphatic carbocycles. The fourth-order valence-electron chi connectivity index (χ4n) is 2.66. The van der Waals surface area contributed by atoms with Gasteiger partial charge in [0.05, 0.1) is 11.7 Å². The van der Waals surface area contributed by atoms with E-state index in [2.05, 4.69) is 23.5 Å². The topological polar surface area (TPSA) is 69.0 Å². The van der Waals surface area contributed by atoms with Crippen molar-refractivity contribution in [1.29, 1.82) is 0 Å². The van der Waals surface area contributed by atoms with Crippen LogP contribution in [0.1, 0.15) is 30.1 Å². The Morgan fingerprint density at radius 1 is 1.33 bits per heavy atom. The van der Waals surface area contributed by atoms with Crippen LogP contribution in [0.15, 0.2) is 40.8 Å². The van der Waals surface area contributed by atoms with E-state index in [1.807, 2.05) is 41.9 Å². The van der Waals surface area contributed by atoms with Gasteiger partial charge in [0.2, 0.25) is 0 Å². The second-order valence-corrected chi connectivity index (χ2v) is 5.20. The molecule has 0 amide bonds. The molecular formula is C16H20N4O. The summed E-state index contributed by atoms with van der Waals surface area (Å²) >= 11 is 0. The van der Waals surface area contributed by atoms with Gasteiger partial charge in [0.1, 0.15) is 11.3 Å². The summed E-state index contributed by atoms with van der Waals surface area (Å²) in [6.45, 7) is 4.93. The van der Waals surface area contributed by atoms with Crippen LogP contribution in [-0.4, -0.2) is 9.78 Å². The first kappa shape index (κ1) is 13.9. The van der Waals surface area contributed by atoms with Crippen molar-refractivity contribution in [2.24, 2.45) is 5.84 Å². The fourth-order valence-corrected chi connectivity index (χ4v) is 2.66.